The Bertz CT molecular complexity index is 1380. The molecule has 0 saturated heterocycles. The second-order valence-electron chi connectivity index (χ2n) is 8.57. The molecule has 37 heavy (non-hydrogen) atoms. The standard InChI is InChI=1S/C27H30N6O3S/c1-17-7-6-8-18(2)25(17)22-14-24(31-27(30-22)32-37-21-15-29-33(4)16-21)36-23-10-9-20(13-19(23)3)26(34)28-11-12-35-5/h6-10,13-16H,11-12H2,1-5H3,(H,28,34)(H,30,31,32). The van der Waals surface area contributed by atoms with Crippen LogP contribution in [-0.2, 0) is 11.8 Å². The Morgan fingerprint density at radius 2 is 1.84 bits per heavy atom. The summed E-state index contributed by atoms with van der Waals surface area (Å²) in [7, 11) is 3.46. The van der Waals surface area contributed by atoms with E-state index in [2.05, 4.69) is 46.1 Å². The van der Waals surface area contributed by atoms with Gasteiger partial charge in [-0.2, -0.15) is 10.1 Å². The minimum atomic E-state index is -0.162. The van der Waals surface area contributed by atoms with E-state index in [1.54, 1.807) is 36.2 Å². The molecular formula is C27H30N6O3S. The number of ether oxygens (including phenoxy) is 2. The molecule has 2 heterocycles. The van der Waals surface area contributed by atoms with Crippen LogP contribution in [0.15, 0.2) is 59.8 Å². The van der Waals surface area contributed by atoms with Gasteiger partial charge in [-0.05, 0) is 67.6 Å². The van der Waals surface area contributed by atoms with Crippen LogP contribution in [0.25, 0.3) is 11.3 Å². The fourth-order valence-corrected chi connectivity index (χ4v) is 4.42. The number of nitrogens with one attached hydrogen (secondary N) is 2. The highest BCUT2D eigenvalue weighted by Crippen LogP contribution is 2.32. The average Bonchev–Trinajstić information content (AvgIpc) is 3.29. The molecule has 2 N–H and O–H groups in total. The van der Waals surface area contributed by atoms with Gasteiger partial charge in [-0.3, -0.25) is 14.2 Å². The van der Waals surface area contributed by atoms with Crippen LogP contribution in [0.3, 0.4) is 0 Å². The summed E-state index contributed by atoms with van der Waals surface area (Å²) >= 11 is 1.37. The molecule has 0 bridgehead atoms. The molecule has 0 saturated carbocycles. The molecule has 2 aromatic heterocycles. The van der Waals surface area contributed by atoms with Crippen molar-refractivity contribution in [1.29, 1.82) is 0 Å². The van der Waals surface area contributed by atoms with Gasteiger partial charge in [0.15, 0.2) is 0 Å². The Hall–Kier alpha value is -3.89. The van der Waals surface area contributed by atoms with E-state index in [-0.39, 0.29) is 5.91 Å². The monoisotopic (exact) mass is 518 g/mol. The predicted octanol–water partition coefficient (Wildman–Crippen LogP) is 5.09. The largest absolute Gasteiger partial charge is 0.439 e. The van der Waals surface area contributed by atoms with Gasteiger partial charge < -0.3 is 14.8 Å². The van der Waals surface area contributed by atoms with E-state index in [0.29, 0.717) is 36.3 Å². The van der Waals surface area contributed by atoms with E-state index in [9.17, 15) is 4.79 Å². The highest BCUT2D eigenvalue weighted by Gasteiger charge is 2.15. The number of hydrogen-bond acceptors (Lipinski definition) is 8. The van der Waals surface area contributed by atoms with Gasteiger partial charge >= 0.3 is 0 Å². The summed E-state index contributed by atoms with van der Waals surface area (Å²) in [6.45, 7) is 6.91. The van der Waals surface area contributed by atoms with Gasteiger partial charge in [0.05, 0.1) is 23.4 Å². The minimum Gasteiger partial charge on any atom is -0.439 e. The van der Waals surface area contributed by atoms with Crippen LogP contribution in [0.4, 0.5) is 5.95 Å². The van der Waals surface area contributed by atoms with Crippen LogP contribution >= 0.6 is 11.9 Å². The molecule has 4 aromatic rings. The summed E-state index contributed by atoms with van der Waals surface area (Å²) in [6, 6.07) is 13.3. The summed E-state index contributed by atoms with van der Waals surface area (Å²) in [5.74, 6) is 1.24. The van der Waals surface area contributed by atoms with E-state index in [1.807, 2.05) is 32.3 Å². The molecule has 1 amide bonds. The first-order valence-electron chi connectivity index (χ1n) is 11.8. The quantitative estimate of drug-likeness (QED) is 0.221. The van der Waals surface area contributed by atoms with E-state index in [1.165, 1.54) is 11.9 Å². The van der Waals surface area contributed by atoms with Crippen LogP contribution < -0.4 is 14.8 Å². The molecule has 0 fully saturated rings. The summed E-state index contributed by atoms with van der Waals surface area (Å²) < 4.78 is 16.1. The van der Waals surface area contributed by atoms with Crippen LogP contribution in [0.2, 0.25) is 0 Å². The summed E-state index contributed by atoms with van der Waals surface area (Å²) in [4.78, 5) is 22.7. The second kappa shape index (κ2) is 11.9. The SMILES string of the molecule is COCCNC(=O)c1ccc(Oc2cc(-c3c(C)cccc3C)nc(NSc3cnn(C)c3)n2)c(C)c1. The highest BCUT2D eigenvalue weighted by atomic mass is 32.2. The van der Waals surface area contributed by atoms with Crippen molar-refractivity contribution < 1.29 is 14.3 Å². The Labute approximate surface area is 220 Å². The zero-order chi connectivity index (χ0) is 26.4. The van der Waals surface area contributed by atoms with Crippen LogP contribution in [0.5, 0.6) is 11.6 Å². The molecule has 192 valence electrons. The molecule has 0 aliphatic rings. The average molecular weight is 519 g/mol. The molecule has 0 radical (unpaired) electrons. The van der Waals surface area contributed by atoms with E-state index < -0.39 is 0 Å². The third-order valence-corrected chi connectivity index (χ3v) is 6.36. The molecular weight excluding hydrogens is 488 g/mol. The summed E-state index contributed by atoms with van der Waals surface area (Å²) in [6.07, 6.45) is 3.67. The molecule has 0 atom stereocenters. The topological polar surface area (TPSA) is 103 Å². The zero-order valence-corrected chi connectivity index (χ0v) is 22.3. The van der Waals surface area contributed by atoms with Crippen molar-refractivity contribution in [2.24, 2.45) is 7.05 Å². The number of carbonyl (C=O) groups is 1. The first-order valence-corrected chi connectivity index (χ1v) is 12.6. The Morgan fingerprint density at radius 3 is 2.51 bits per heavy atom. The number of aryl methyl sites for hydroxylation is 4. The number of nitrogens with zero attached hydrogens (tertiary/aromatic N) is 4. The molecule has 0 unspecified atom stereocenters. The molecule has 4 rings (SSSR count). The van der Waals surface area contributed by atoms with Crippen molar-refractivity contribution in [2.75, 3.05) is 25.0 Å². The smallest absolute Gasteiger partial charge is 0.251 e. The zero-order valence-electron chi connectivity index (χ0n) is 21.5. The number of rotatable bonds is 10. The van der Waals surface area contributed by atoms with Crippen LogP contribution in [0.1, 0.15) is 27.0 Å². The van der Waals surface area contributed by atoms with Crippen molar-refractivity contribution in [2.45, 2.75) is 25.7 Å². The molecule has 9 nitrogen and oxygen atoms in total. The van der Waals surface area contributed by atoms with Gasteiger partial charge in [0.2, 0.25) is 11.8 Å². The maximum atomic E-state index is 12.4. The Morgan fingerprint density at radius 1 is 1.05 bits per heavy atom. The molecule has 0 aliphatic carbocycles. The van der Waals surface area contributed by atoms with Crippen molar-refractivity contribution in [3.8, 4) is 22.9 Å². The fourth-order valence-electron chi connectivity index (χ4n) is 3.81. The van der Waals surface area contributed by atoms with E-state index in [0.717, 1.165) is 32.8 Å². The van der Waals surface area contributed by atoms with Crippen LogP contribution in [-0.4, -0.2) is 45.9 Å². The van der Waals surface area contributed by atoms with E-state index >= 15 is 0 Å². The number of anilines is 1. The number of aromatic nitrogens is 4. The number of amides is 1. The minimum absolute atomic E-state index is 0.162. The van der Waals surface area contributed by atoms with Crippen LogP contribution in [0, 0.1) is 20.8 Å². The van der Waals surface area contributed by atoms with Gasteiger partial charge in [0.25, 0.3) is 5.91 Å². The number of methoxy groups -OCH3 is 1. The molecule has 2 aromatic carbocycles. The lowest BCUT2D eigenvalue weighted by Gasteiger charge is -2.14. The van der Waals surface area contributed by atoms with Gasteiger partial charge in [-0.15, -0.1) is 0 Å². The maximum Gasteiger partial charge on any atom is 0.251 e. The summed E-state index contributed by atoms with van der Waals surface area (Å²) in [5.41, 5.74) is 5.36. The van der Waals surface area contributed by atoms with Gasteiger partial charge in [0, 0.05) is 44.1 Å². The maximum absolute atomic E-state index is 12.4. The van der Waals surface area contributed by atoms with Gasteiger partial charge in [0.1, 0.15) is 5.75 Å². The normalized spacial score (nSPS) is 10.8. The lowest BCUT2D eigenvalue weighted by atomic mass is 10.00. The van der Waals surface area contributed by atoms with Crippen molar-refractivity contribution >= 4 is 23.8 Å². The van der Waals surface area contributed by atoms with Crippen molar-refractivity contribution in [1.82, 2.24) is 25.1 Å². The number of hydrogen-bond donors (Lipinski definition) is 2. The third-order valence-electron chi connectivity index (χ3n) is 5.62. The Kier molecular flexibility index (Phi) is 8.42. The van der Waals surface area contributed by atoms with Gasteiger partial charge in [-0.1, -0.05) is 18.2 Å². The fraction of sp³-hybridized carbons (Fsp3) is 0.259. The third kappa shape index (κ3) is 6.66. The Balaban J connectivity index is 1.62. The lowest BCUT2D eigenvalue weighted by Crippen LogP contribution is -2.26. The lowest BCUT2D eigenvalue weighted by molar-refractivity contribution is 0.0937. The highest BCUT2D eigenvalue weighted by molar-refractivity contribution is 8.00. The number of benzene rings is 2. The van der Waals surface area contributed by atoms with E-state index in [4.69, 9.17) is 14.5 Å². The van der Waals surface area contributed by atoms with Crippen molar-refractivity contribution in [3.05, 3.63) is 77.1 Å². The molecule has 0 aliphatic heterocycles. The van der Waals surface area contributed by atoms with Gasteiger partial charge in [-0.25, -0.2) is 4.98 Å². The number of carbonyl (C=O) groups excluding carboxylic acids is 1. The molecule has 10 heteroatoms. The van der Waals surface area contributed by atoms with Crippen molar-refractivity contribution in [3.63, 3.8) is 0 Å². The second-order valence-corrected chi connectivity index (χ2v) is 9.45. The predicted molar refractivity (Wildman–Crippen MR) is 145 cm³/mol. The first-order chi connectivity index (χ1) is 17.8. The first kappa shape index (κ1) is 26.2. The summed E-state index contributed by atoms with van der Waals surface area (Å²) in [5, 5.41) is 7.02. The molecule has 0 spiro atoms.